The molecule has 0 nitrogen and oxygen atoms in total. The van der Waals surface area contributed by atoms with Gasteiger partial charge in [0.05, 0.1) is 15.6 Å². The lowest BCUT2D eigenvalue weighted by atomic mass is 10.1. The molecule has 1 aromatic rings. The van der Waals surface area contributed by atoms with Crippen LogP contribution in [-0.4, -0.2) is 0 Å². The Kier molecular flexibility index (Phi) is 3.51. The minimum absolute atomic E-state index is 0.00106. The van der Waals surface area contributed by atoms with E-state index in [1.807, 2.05) is 0 Å². The van der Waals surface area contributed by atoms with Crippen LogP contribution in [0.15, 0.2) is 12.1 Å². The average Bonchev–Trinajstić information content (AvgIpc) is 2.02. The van der Waals surface area contributed by atoms with Crippen LogP contribution >= 0.6 is 23.2 Å². The van der Waals surface area contributed by atoms with Crippen LogP contribution in [0.4, 0.5) is 8.78 Å². The Morgan fingerprint density at radius 1 is 1.23 bits per heavy atom. The quantitative estimate of drug-likeness (QED) is 0.702. The van der Waals surface area contributed by atoms with Gasteiger partial charge in [-0.3, -0.25) is 0 Å². The Balaban J connectivity index is 3.23. The van der Waals surface area contributed by atoms with E-state index in [4.69, 9.17) is 23.2 Å². The second kappa shape index (κ2) is 4.25. The molecule has 0 fully saturated rings. The van der Waals surface area contributed by atoms with Gasteiger partial charge in [-0.05, 0) is 31.0 Å². The fourth-order valence-corrected chi connectivity index (χ4v) is 1.69. The van der Waals surface area contributed by atoms with Crippen LogP contribution in [0.25, 0.3) is 0 Å². The summed E-state index contributed by atoms with van der Waals surface area (Å²) < 4.78 is 24.7. The summed E-state index contributed by atoms with van der Waals surface area (Å²) in [5.41, 5.74) is 0.444. The van der Waals surface area contributed by atoms with E-state index < -0.39 is 6.43 Å². The van der Waals surface area contributed by atoms with Crippen LogP contribution in [-0.2, 0) is 6.42 Å². The number of hydrogen-bond donors (Lipinski definition) is 0. The summed E-state index contributed by atoms with van der Waals surface area (Å²) >= 11 is 11.2. The van der Waals surface area contributed by atoms with Gasteiger partial charge in [0, 0.05) is 0 Å². The zero-order valence-corrected chi connectivity index (χ0v) is 8.17. The molecule has 0 amide bonds. The summed E-state index contributed by atoms with van der Waals surface area (Å²) in [5, 5.41) is 0.00213. The minimum atomic E-state index is -2.64. The highest BCUT2D eigenvalue weighted by molar-refractivity contribution is 6.36. The summed E-state index contributed by atoms with van der Waals surface area (Å²) in [4.78, 5) is 0. The molecule has 0 unspecified atom stereocenters. The van der Waals surface area contributed by atoms with Crippen molar-refractivity contribution in [1.29, 1.82) is 0 Å². The molecular weight excluding hydrogens is 217 g/mol. The predicted molar refractivity (Wildman–Crippen MR) is 50.5 cm³/mol. The molecule has 1 rings (SSSR count). The lowest BCUT2D eigenvalue weighted by Gasteiger charge is -2.07. The molecule has 0 saturated carbocycles. The van der Waals surface area contributed by atoms with Gasteiger partial charge >= 0.3 is 0 Å². The number of halogens is 4. The highest BCUT2D eigenvalue weighted by Crippen LogP contribution is 2.34. The van der Waals surface area contributed by atoms with Crippen molar-refractivity contribution in [3.8, 4) is 0 Å². The van der Waals surface area contributed by atoms with Crippen molar-refractivity contribution in [1.82, 2.24) is 0 Å². The van der Waals surface area contributed by atoms with Gasteiger partial charge in [-0.15, -0.1) is 0 Å². The Hall–Kier alpha value is -0.340. The monoisotopic (exact) mass is 223 g/mol. The zero-order chi connectivity index (χ0) is 10.0. The largest absolute Gasteiger partial charge is 0.266 e. The molecular formula is C9H7Cl2F2. The average molecular weight is 224 g/mol. The van der Waals surface area contributed by atoms with Gasteiger partial charge in [0.25, 0.3) is 6.43 Å². The second-order valence-corrected chi connectivity index (χ2v) is 3.34. The molecule has 13 heavy (non-hydrogen) atoms. The number of hydrogen-bond acceptors (Lipinski definition) is 0. The normalized spacial score (nSPS) is 10.9. The lowest BCUT2D eigenvalue weighted by molar-refractivity contribution is 0.151. The van der Waals surface area contributed by atoms with E-state index in [2.05, 4.69) is 6.92 Å². The number of benzene rings is 1. The smallest absolute Gasteiger partial charge is 0.205 e. The SMILES string of the molecule is [CH2]Cc1cc(Cl)c(C(F)F)c(Cl)c1. The molecule has 0 aliphatic heterocycles. The summed E-state index contributed by atoms with van der Waals surface area (Å²) in [6.07, 6.45) is -2.16. The molecule has 1 aromatic carbocycles. The first kappa shape index (κ1) is 10.7. The van der Waals surface area contributed by atoms with Crippen LogP contribution in [0.5, 0.6) is 0 Å². The maximum atomic E-state index is 12.3. The summed E-state index contributed by atoms with van der Waals surface area (Å²) in [6.45, 7) is 3.61. The Morgan fingerprint density at radius 3 is 2.00 bits per heavy atom. The van der Waals surface area contributed by atoms with Crippen molar-refractivity contribution in [2.24, 2.45) is 0 Å². The molecule has 71 valence electrons. The number of rotatable bonds is 2. The fraction of sp³-hybridized carbons (Fsp3) is 0.222. The molecule has 1 radical (unpaired) electrons. The molecule has 0 saturated heterocycles. The Morgan fingerprint density at radius 2 is 1.69 bits per heavy atom. The van der Waals surface area contributed by atoms with Crippen LogP contribution < -0.4 is 0 Å². The molecule has 4 heteroatoms. The first-order chi connectivity index (χ1) is 6.06. The van der Waals surface area contributed by atoms with Crippen molar-refractivity contribution in [2.75, 3.05) is 0 Å². The highest BCUT2D eigenvalue weighted by Gasteiger charge is 2.16. The van der Waals surface area contributed by atoms with Crippen molar-refractivity contribution >= 4 is 23.2 Å². The van der Waals surface area contributed by atoms with Crippen molar-refractivity contribution in [3.63, 3.8) is 0 Å². The van der Waals surface area contributed by atoms with E-state index >= 15 is 0 Å². The number of alkyl halides is 2. The maximum absolute atomic E-state index is 12.3. The van der Waals surface area contributed by atoms with E-state index in [-0.39, 0.29) is 15.6 Å². The molecule has 0 atom stereocenters. The third-order valence-corrected chi connectivity index (χ3v) is 2.27. The van der Waals surface area contributed by atoms with Gasteiger partial charge in [0.15, 0.2) is 0 Å². The van der Waals surface area contributed by atoms with Crippen LogP contribution in [0.2, 0.25) is 10.0 Å². The van der Waals surface area contributed by atoms with Gasteiger partial charge in [0.1, 0.15) is 0 Å². The topological polar surface area (TPSA) is 0 Å². The Bertz CT molecular complexity index is 287. The molecule has 0 heterocycles. The summed E-state index contributed by atoms with van der Waals surface area (Å²) in [7, 11) is 0. The Labute approximate surface area is 85.5 Å². The first-order valence-corrected chi connectivity index (χ1v) is 4.37. The van der Waals surface area contributed by atoms with Crippen LogP contribution in [0, 0.1) is 6.92 Å². The van der Waals surface area contributed by atoms with E-state index in [1.54, 1.807) is 0 Å². The minimum Gasteiger partial charge on any atom is -0.205 e. The fourth-order valence-electron chi connectivity index (χ4n) is 0.990. The predicted octanol–water partition coefficient (Wildman–Crippen LogP) is 4.31. The van der Waals surface area contributed by atoms with E-state index in [0.29, 0.717) is 6.42 Å². The van der Waals surface area contributed by atoms with Gasteiger partial charge in [-0.1, -0.05) is 23.2 Å². The van der Waals surface area contributed by atoms with Crippen molar-refractivity contribution in [2.45, 2.75) is 12.8 Å². The summed E-state index contributed by atoms with van der Waals surface area (Å²) in [5.74, 6) is 0. The van der Waals surface area contributed by atoms with Gasteiger partial charge in [0.2, 0.25) is 0 Å². The van der Waals surface area contributed by atoms with Gasteiger partial charge in [-0.2, -0.15) is 0 Å². The van der Waals surface area contributed by atoms with E-state index in [1.165, 1.54) is 12.1 Å². The van der Waals surface area contributed by atoms with Crippen molar-refractivity contribution < 1.29 is 8.78 Å². The third-order valence-electron chi connectivity index (χ3n) is 1.65. The van der Waals surface area contributed by atoms with E-state index in [9.17, 15) is 8.78 Å². The lowest BCUT2D eigenvalue weighted by Crippen LogP contribution is -1.90. The van der Waals surface area contributed by atoms with Crippen LogP contribution in [0.1, 0.15) is 17.6 Å². The zero-order valence-electron chi connectivity index (χ0n) is 6.66. The van der Waals surface area contributed by atoms with Gasteiger partial charge in [-0.25, -0.2) is 8.78 Å². The standard InChI is InChI=1S/C9H7Cl2F2/c1-2-5-3-6(10)8(9(12)13)7(11)4-5/h3-4,9H,1-2H2. The molecule has 0 aromatic heterocycles. The summed E-state index contributed by atoms with van der Waals surface area (Å²) in [6, 6.07) is 2.92. The first-order valence-electron chi connectivity index (χ1n) is 3.61. The molecule has 0 aliphatic carbocycles. The molecule has 0 bridgehead atoms. The maximum Gasteiger partial charge on any atom is 0.266 e. The molecule has 0 N–H and O–H groups in total. The van der Waals surface area contributed by atoms with E-state index in [0.717, 1.165) is 5.56 Å². The third kappa shape index (κ3) is 2.32. The molecule has 0 spiro atoms. The second-order valence-electron chi connectivity index (χ2n) is 2.52. The van der Waals surface area contributed by atoms with Gasteiger partial charge < -0.3 is 0 Å². The highest BCUT2D eigenvalue weighted by atomic mass is 35.5. The van der Waals surface area contributed by atoms with Crippen LogP contribution in [0.3, 0.4) is 0 Å². The van der Waals surface area contributed by atoms with Crippen molar-refractivity contribution in [3.05, 3.63) is 40.2 Å². The molecule has 0 aliphatic rings.